The van der Waals surface area contributed by atoms with Crippen molar-refractivity contribution in [3.8, 4) is 0 Å². The minimum absolute atomic E-state index is 0.144. The minimum atomic E-state index is -3.73. The van der Waals surface area contributed by atoms with Crippen molar-refractivity contribution in [2.45, 2.75) is 36.3 Å². The maximum absolute atomic E-state index is 12.9. The van der Waals surface area contributed by atoms with Crippen LogP contribution in [0.4, 0.5) is 5.69 Å². The fourth-order valence-electron chi connectivity index (χ4n) is 3.24. The van der Waals surface area contributed by atoms with Crippen LogP contribution in [0.25, 0.3) is 5.65 Å². The zero-order valence-corrected chi connectivity index (χ0v) is 19.6. The highest BCUT2D eigenvalue weighted by atomic mass is 32.2. The number of hydrogen-bond acceptors (Lipinski definition) is 5. The molecular formula is C24H23N3O3S2. The molecule has 0 aliphatic heterocycles. The van der Waals surface area contributed by atoms with E-state index in [1.165, 1.54) is 22.2 Å². The third-order valence-corrected chi connectivity index (χ3v) is 7.64. The van der Waals surface area contributed by atoms with Crippen LogP contribution < -0.4 is 10.3 Å². The lowest BCUT2D eigenvalue weighted by atomic mass is 10.1. The van der Waals surface area contributed by atoms with Crippen molar-refractivity contribution in [1.82, 2.24) is 9.38 Å². The second kappa shape index (κ2) is 8.80. The van der Waals surface area contributed by atoms with E-state index in [1.54, 1.807) is 36.5 Å². The van der Waals surface area contributed by atoms with Gasteiger partial charge in [-0.25, -0.2) is 13.4 Å². The molecular weight excluding hydrogens is 442 g/mol. The molecule has 8 heteroatoms. The molecule has 0 unspecified atom stereocenters. The van der Waals surface area contributed by atoms with Gasteiger partial charge in [-0.3, -0.25) is 13.9 Å². The van der Waals surface area contributed by atoms with Crippen molar-refractivity contribution in [3.05, 3.63) is 99.6 Å². The number of aromatic nitrogens is 2. The van der Waals surface area contributed by atoms with Gasteiger partial charge >= 0.3 is 0 Å². The number of sulfonamides is 1. The summed E-state index contributed by atoms with van der Waals surface area (Å²) < 4.78 is 30.1. The zero-order valence-electron chi connectivity index (χ0n) is 18.0. The number of benzene rings is 2. The van der Waals surface area contributed by atoms with Crippen LogP contribution in [-0.4, -0.2) is 17.8 Å². The molecule has 164 valence electrons. The molecule has 0 aliphatic rings. The number of nitrogens with one attached hydrogen (secondary N) is 1. The second-order valence-corrected chi connectivity index (χ2v) is 10.4. The predicted octanol–water partition coefficient (Wildman–Crippen LogP) is 4.71. The van der Waals surface area contributed by atoms with Crippen LogP contribution >= 0.6 is 11.8 Å². The third kappa shape index (κ3) is 4.71. The summed E-state index contributed by atoms with van der Waals surface area (Å²) in [5.74, 6) is 0.433. The predicted molar refractivity (Wildman–Crippen MR) is 129 cm³/mol. The molecule has 2 aromatic carbocycles. The summed E-state index contributed by atoms with van der Waals surface area (Å²) in [6, 6.07) is 17.5. The molecule has 4 aromatic rings. The number of rotatable bonds is 6. The van der Waals surface area contributed by atoms with Crippen molar-refractivity contribution >= 4 is 33.1 Å². The Morgan fingerprint density at radius 3 is 2.53 bits per heavy atom. The van der Waals surface area contributed by atoms with E-state index in [0.717, 1.165) is 21.6 Å². The quantitative estimate of drug-likeness (QED) is 0.417. The van der Waals surface area contributed by atoms with Gasteiger partial charge in [-0.15, -0.1) is 11.8 Å². The SMILES string of the molecule is Cc1ccn2c(=O)cc(CSc3ccccc3NS(=O)(=O)c3ccc(C)c(C)c3)nc2c1. The maximum atomic E-state index is 12.9. The number of aryl methyl sites for hydroxylation is 3. The van der Waals surface area contributed by atoms with Gasteiger partial charge in [0.1, 0.15) is 5.65 Å². The van der Waals surface area contributed by atoms with Gasteiger partial charge in [0, 0.05) is 22.9 Å². The Bertz CT molecular complexity index is 1480. The molecule has 2 aromatic heterocycles. The molecule has 0 atom stereocenters. The number of anilines is 1. The Kier molecular flexibility index (Phi) is 6.08. The monoisotopic (exact) mass is 465 g/mol. The van der Waals surface area contributed by atoms with Gasteiger partial charge in [0.05, 0.1) is 16.3 Å². The lowest BCUT2D eigenvalue weighted by molar-refractivity contribution is 0.601. The number of thioether (sulfide) groups is 1. The Labute approximate surface area is 191 Å². The molecule has 0 spiro atoms. The van der Waals surface area contributed by atoms with E-state index in [-0.39, 0.29) is 10.5 Å². The summed E-state index contributed by atoms with van der Waals surface area (Å²) in [7, 11) is -3.73. The largest absolute Gasteiger partial charge is 0.278 e. The van der Waals surface area contributed by atoms with Crippen LogP contribution in [0.3, 0.4) is 0 Å². The first-order chi connectivity index (χ1) is 15.2. The normalized spacial score (nSPS) is 11.6. The lowest BCUT2D eigenvalue weighted by Gasteiger charge is -2.13. The standard InChI is InChI=1S/C24H23N3O3S2/c1-16-10-11-27-23(12-16)25-19(14-24(27)28)15-31-22-7-5-4-6-21(22)26-32(29,30)20-9-8-17(2)18(3)13-20/h4-14,26H,15H2,1-3H3. The number of hydrogen-bond donors (Lipinski definition) is 1. The smallest absolute Gasteiger partial charge is 0.261 e. The average molecular weight is 466 g/mol. The lowest BCUT2D eigenvalue weighted by Crippen LogP contribution is -2.15. The molecule has 0 aliphatic carbocycles. The van der Waals surface area contributed by atoms with Crippen LogP contribution in [-0.2, 0) is 15.8 Å². The van der Waals surface area contributed by atoms with Gasteiger partial charge in [-0.2, -0.15) is 0 Å². The van der Waals surface area contributed by atoms with Crippen molar-refractivity contribution in [2.75, 3.05) is 4.72 Å². The molecule has 2 heterocycles. The highest BCUT2D eigenvalue weighted by molar-refractivity contribution is 7.98. The van der Waals surface area contributed by atoms with Crippen LogP contribution in [0.5, 0.6) is 0 Å². The van der Waals surface area contributed by atoms with E-state index < -0.39 is 10.0 Å². The molecule has 0 saturated carbocycles. The molecule has 0 radical (unpaired) electrons. The molecule has 4 rings (SSSR count). The summed E-state index contributed by atoms with van der Waals surface area (Å²) in [5.41, 5.74) is 4.55. The van der Waals surface area contributed by atoms with Crippen LogP contribution in [0.15, 0.2) is 81.4 Å². The molecule has 6 nitrogen and oxygen atoms in total. The van der Waals surface area contributed by atoms with Crippen molar-refractivity contribution in [2.24, 2.45) is 0 Å². The first-order valence-electron chi connectivity index (χ1n) is 10.0. The number of para-hydroxylation sites is 1. The van der Waals surface area contributed by atoms with Crippen molar-refractivity contribution in [3.63, 3.8) is 0 Å². The van der Waals surface area contributed by atoms with Gasteiger partial charge in [0.15, 0.2) is 0 Å². The second-order valence-electron chi connectivity index (χ2n) is 7.65. The Morgan fingerprint density at radius 1 is 0.969 bits per heavy atom. The fourth-order valence-corrected chi connectivity index (χ4v) is 5.37. The molecule has 0 saturated heterocycles. The molecule has 0 amide bonds. The van der Waals surface area contributed by atoms with E-state index >= 15 is 0 Å². The van der Waals surface area contributed by atoms with Crippen molar-refractivity contribution in [1.29, 1.82) is 0 Å². The number of pyridine rings is 1. The Hall–Kier alpha value is -3.10. The summed E-state index contributed by atoms with van der Waals surface area (Å²) >= 11 is 1.43. The summed E-state index contributed by atoms with van der Waals surface area (Å²) in [5, 5.41) is 0. The van der Waals surface area contributed by atoms with Crippen LogP contribution in [0.2, 0.25) is 0 Å². The van der Waals surface area contributed by atoms with Crippen molar-refractivity contribution < 1.29 is 8.42 Å². The molecule has 0 fully saturated rings. The van der Waals surface area contributed by atoms with E-state index in [2.05, 4.69) is 9.71 Å². The van der Waals surface area contributed by atoms with E-state index in [1.807, 2.05) is 45.0 Å². The Morgan fingerprint density at radius 2 is 1.75 bits per heavy atom. The van der Waals surface area contributed by atoms with Gasteiger partial charge < -0.3 is 0 Å². The highest BCUT2D eigenvalue weighted by Gasteiger charge is 2.17. The van der Waals surface area contributed by atoms with Gasteiger partial charge in [0.2, 0.25) is 0 Å². The number of nitrogens with zero attached hydrogens (tertiary/aromatic N) is 2. The molecule has 1 N–H and O–H groups in total. The van der Waals surface area contributed by atoms with E-state index in [0.29, 0.717) is 22.8 Å². The van der Waals surface area contributed by atoms with E-state index in [4.69, 9.17) is 0 Å². The Balaban J connectivity index is 1.58. The average Bonchev–Trinajstić information content (AvgIpc) is 2.74. The number of fused-ring (bicyclic) bond motifs is 1. The summed E-state index contributed by atoms with van der Waals surface area (Å²) in [4.78, 5) is 18.0. The third-order valence-electron chi connectivity index (χ3n) is 5.17. The summed E-state index contributed by atoms with van der Waals surface area (Å²) in [6.07, 6.45) is 1.72. The minimum Gasteiger partial charge on any atom is -0.278 e. The van der Waals surface area contributed by atoms with Gasteiger partial charge in [-0.1, -0.05) is 18.2 Å². The summed E-state index contributed by atoms with van der Waals surface area (Å²) in [6.45, 7) is 5.78. The zero-order chi connectivity index (χ0) is 22.9. The van der Waals surface area contributed by atoms with Gasteiger partial charge in [-0.05, 0) is 73.9 Å². The first kappa shape index (κ1) is 22.1. The topological polar surface area (TPSA) is 80.5 Å². The molecule has 0 bridgehead atoms. The van der Waals surface area contributed by atoms with E-state index in [9.17, 15) is 13.2 Å². The van der Waals surface area contributed by atoms with Crippen LogP contribution in [0.1, 0.15) is 22.4 Å². The van der Waals surface area contributed by atoms with Crippen LogP contribution in [0, 0.1) is 20.8 Å². The highest BCUT2D eigenvalue weighted by Crippen LogP contribution is 2.31. The first-order valence-corrected chi connectivity index (χ1v) is 12.5. The maximum Gasteiger partial charge on any atom is 0.261 e. The molecule has 32 heavy (non-hydrogen) atoms. The van der Waals surface area contributed by atoms with Gasteiger partial charge in [0.25, 0.3) is 15.6 Å². The fraction of sp³-hybridized carbons (Fsp3) is 0.167.